The second-order valence-electron chi connectivity index (χ2n) is 7.05. The van der Waals surface area contributed by atoms with Crippen LogP contribution in [0.5, 0.6) is 0 Å². The van der Waals surface area contributed by atoms with Crippen molar-refractivity contribution >= 4 is 0 Å². The van der Waals surface area contributed by atoms with Crippen molar-refractivity contribution in [3.8, 4) is 0 Å². The minimum Gasteiger partial charge on any atom is -0.380 e. The fourth-order valence-electron chi connectivity index (χ4n) is 2.66. The first-order valence-corrected chi connectivity index (χ1v) is 7.96. The van der Waals surface area contributed by atoms with Gasteiger partial charge >= 0.3 is 0 Å². The summed E-state index contributed by atoms with van der Waals surface area (Å²) in [7, 11) is 0. The topological polar surface area (TPSA) is 24.5 Å². The van der Waals surface area contributed by atoms with E-state index in [-0.39, 0.29) is 5.54 Å². The van der Waals surface area contributed by atoms with Crippen molar-refractivity contribution in [2.24, 2.45) is 5.41 Å². The fraction of sp³-hybridized carbons (Fsp3) is 1.00. The van der Waals surface area contributed by atoms with Crippen LogP contribution in [0, 0.1) is 5.41 Å². The van der Waals surface area contributed by atoms with Gasteiger partial charge in [-0.2, -0.15) is 0 Å². The third kappa shape index (κ3) is 6.24. The molecule has 0 radical (unpaired) electrons. The summed E-state index contributed by atoms with van der Waals surface area (Å²) >= 11 is 0. The van der Waals surface area contributed by atoms with Crippen molar-refractivity contribution in [3.05, 3.63) is 0 Å². The number of rotatable bonds is 6. The molecular formula is C16H34N2O. The van der Waals surface area contributed by atoms with Gasteiger partial charge in [0.2, 0.25) is 0 Å². The summed E-state index contributed by atoms with van der Waals surface area (Å²) in [6.45, 7) is 17.9. The molecule has 1 N–H and O–H groups in total. The van der Waals surface area contributed by atoms with Gasteiger partial charge in [-0.25, -0.2) is 0 Å². The molecule has 1 aliphatic heterocycles. The summed E-state index contributed by atoms with van der Waals surface area (Å²) in [5.41, 5.74) is 0.606. The van der Waals surface area contributed by atoms with Crippen LogP contribution in [-0.2, 0) is 4.74 Å². The largest absolute Gasteiger partial charge is 0.380 e. The number of nitrogens with zero attached hydrogens (tertiary/aromatic N) is 1. The van der Waals surface area contributed by atoms with E-state index in [1.807, 2.05) is 0 Å². The van der Waals surface area contributed by atoms with E-state index in [9.17, 15) is 0 Å². The van der Waals surface area contributed by atoms with Crippen LogP contribution in [0.4, 0.5) is 0 Å². The molecule has 3 heteroatoms. The van der Waals surface area contributed by atoms with Crippen LogP contribution in [0.2, 0.25) is 0 Å². The monoisotopic (exact) mass is 270 g/mol. The van der Waals surface area contributed by atoms with Crippen LogP contribution < -0.4 is 5.32 Å². The Morgan fingerprint density at radius 1 is 1.05 bits per heavy atom. The Morgan fingerprint density at radius 2 is 1.74 bits per heavy atom. The molecule has 19 heavy (non-hydrogen) atoms. The van der Waals surface area contributed by atoms with Crippen LogP contribution in [0.25, 0.3) is 0 Å². The first-order chi connectivity index (χ1) is 8.91. The van der Waals surface area contributed by atoms with Crippen molar-refractivity contribution in [1.29, 1.82) is 0 Å². The Balaban J connectivity index is 2.58. The highest BCUT2D eigenvalue weighted by molar-refractivity contribution is 4.86. The van der Waals surface area contributed by atoms with Gasteiger partial charge in [-0.1, -0.05) is 13.8 Å². The average molecular weight is 270 g/mol. The Hall–Kier alpha value is -0.120. The van der Waals surface area contributed by atoms with E-state index < -0.39 is 0 Å². The van der Waals surface area contributed by atoms with Gasteiger partial charge in [-0.15, -0.1) is 0 Å². The summed E-state index contributed by atoms with van der Waals surface area (Å²) in [5, 5.41) is 3.71. The number of hydrogen-bond acceptors (Lipinski definition) is 3. The molecule has 1 fully saturated rings. The zero-order valence-corrected chi connectivity index (χ0v) is 13.7. The van der Waals surface area contributed by atoms with E-state index in [4.69, 9.17) is 4.74 Å². The van der Waals surface area contributed by atoms with Crippen molar-refractivity contribution in [1.82, 2.24) is 10.2 Å². The summed E-state index contributed by atoms with van der Waals surface area (Å²) in [6.07, 6.45) is 3.66. The maximum Gasteiger partial charge on any atom is 0.0593 e. The first kappa shape index (κ1) is 16.9. The molecule has 1 heterocycles. The molecule has 3 nitrogen and oxygen atoms in total. The fourth-order valence-corrected chi connectivity index (χ4v) is 2.66. The van der Waals surface area contributed by atoms with Gasteiger partial charge in [0.25, 0.3) is 0 Å². The second-order valence-corrected chi connectivity index (χ2v) is 7.05. The minimum atomic E-state index is 0.206. The van der Waals surface area contributed by atoms with E-state index in [0.717, 1.165) is 26.3 Å². The van der Waals surface area contributed by atoms with Crippen molar-refractivity contribution < 1.29 is 4.74 Å². The van der Waals surface area contributed by atoms with E-state index in [2.05, 4.69) is 44.8 Å². The predicted molar refractivity (Wildman–Crippen MR) is 82.6 cm³/mol. The van der Waals surface area contributed by atoms with E-state index in [0.29, 0.717) is 5.41 Å². The van der Waals surface area contributed by atoms with Crippen LogP contribution >= 0.6 is 0 Å². The number of hydrogen-bond donors (Lipinski definition) is 1. The van der Waals surface area contributed by atoms with Gasteiger partial charge in [0.1, 0.15) is 0 Å². The van der Waals surface area contributed by atoms with Gasteiger partial charge in [0.05, 0.1) is 6.61 Å². The maximum atomic E-state index is 5.56. The minimum absolute atomic E-state index is 0.206. The van der Waals surface area contributed by atoms with E-state index in [1.54, 1.807) is 0 Å². The highest BCUT2D eigenvalue weighted by atomic mass is 16.5. The Morgan fingerprint density at radius 3 is 2.32 bits per heavy atom. The van der Waals surface area contributed by atoms with Gasteiger partial charge in [0.15, 0.2) is 0 Å². The molecule has 1 rings (SSSR count). The lowest BCUT2D eigenvalue weighted by molar-refractivity contribution is 0.110. The summed E-state index contributed by atoms with van der Waals surface area (Å²) in [5.74, 6) is 0. The van der Waals surface area contributed by atoms with Gasteiger partial charge in [-0.3, -0.25) is 0 Å². The highest BCUT2D eigenvalue weighted by Crippen LogP contribution is 2.28. The molecule has 114 valence electrons. The molecular weight excluding hydrogens is 236 g/mol. The SMILES string of the molecule is CCC(CC)(CNC(C)(C)C)CN1CCCOCC1. The lowest BCUT2D eigenvalue weighted by Crippen LogP contribution is -2.48. The molecule has 0 aliphatic carbocycles. The smallest absolute Gasteiger partial charge is 0.0593 e. The van der Waals surface area contributed by atoms with Crippen molar-refractivity contribution in [2.75, 3.05) is 39.4 Å². The molecule has 0 aromatic carbocycles. The summed E-state index contributed by atoms with van der Waals surface area (Å²) in [4.78, 5) is 2.60. The zero-order chi connectivity index (χ0) is 14.4. The Bertz CT molecular complexity index is 236. The number of nitrogens with one attached hydrogen (secondary N) is 1. The zero-order valence-electron chi connectivity index (χ0n) is 13.7. The lowest BCUT2D eigenvalue weighted by Gasteiger charge is -2.39. The van der Waals surface area contributed by atoms with Gasteiger partial charge in [-0.05, 0) is 45.4 Å². The van der Waals surface area contributed by atoms with E-state index >= 15 is 0 Å². The summed E-state index contributed by atoms with van der Waals surface area (Å²) < 4.78 is 5.56. The van der Waals surface area contributed by atoms with Crippen LogP contribution in [0.15, 0.2) is 0 Å². The normalized spacial score (nSPS) is 19.4. The maximum absolute atomic E-state index is 5.56. The van der Waals surface area contributed by atoms with Crippen LogP contribution in [-0.4, -0.2) is 49.8 Å². The summed E-state index contributed by atoms with van der Waals surface area (Å²) in [6, 6.07) is 0. The van der Waals surface area contributed by atoms with Gasteiger partial charge in [0, 0.05) is 38.3 Å². The third-order valence-corrected chi connectivity index (χ3v) is 4.37. The quantitative estimate of drug-likeness (QED) is 0.803. The second kappa shape index (κ2) is 7.61. The molecule has 1 saturated heterocycles. The van der Waals surface area contributed by atoms with Crippen LogP contribution in [0.3, 0.4) is 0 Å². The third-order valence-electron chi connectivity index (χ3n) is 4.37. The lowest BCUT2D eigenvalue weighted by atomic mass is 9.81. The average Bonchev–Trinajstić information content (AvgIpc) is 2.62. The molecule has 1 aliphatic rings. The van der Waals surface area contributed by atoms with Crippen molar-refractivity contribution in [3.63, 3.8) is 0 Å². The molecule has 0 amide bonds. The molecule has 0 aromatic rings. The van der Waals surface area contributed by atoms with Crippen LogP contribution in [0.1, 0.15) is 53.9 Å². The highest BCUT2D eigenvalue weighted by Gasteiger charge is 2.30. The molecule has 0 atom stereocenters. The molecule has 0 spiro atoms. The Labute approximate surface area is 120 Å². The molecule has 0 bridgehead atoms. The first-order valence-electron chi connectivity index (χ1n) is 7.96. The standard InChI is InChI=1S/C16H34N2O/c1-6-16(7-2,13-17-15(3,4)5)14-18-9-8-11-19-12-10-18/h17H,6-14H2,1-5H3. The predicted octanol–water partition coefficient (Wildman–Crippen LogP) is 2.90. The molecule has 0 aromatic heterocycles. The number of ether oxygens (including phenoxy) is 1. The molecule has 0 unspecified atom stereocenters. The van der Waals surface area contributed by atoms with E-state index in [1.165, 1.54) is 32.4 Å². The van der Waals surface area contributed by atoms with Gasteiger partial charge < -0.3 is 15.0 Å². The Kier molecular flexibility index (Phi) is 6.78. The molecule has 0 saturated carbocycles. The van der Waals surface area contributed by atoms with Crippen molar-refractivity contribution in [2.45, 2.75) is 59.4 Å².